The topological polar surface area (TPSA) is 51.8 Å². The number of aromatic nitrogens is 2. The van der Waals surface area contributed by atoms with E-state index in [4.69, 9.17) is 5.73 Å². The maximum Gasteiger partial charge on any atom is 0.153 e. The SMILES string of the molecule is C/C=C\c1ccnnc1N. The van der Waals surface area contributed by atoms with E-state index >= 15 is 0 Å². The summed E-state index contributed by atoms with van der Waals surface area (Å²) in [6.45, 7) is 1.93. The lowest BCUT2D eigenvalue weighted by Gasteiger charge is -1.93. The molecule has 0 spiro atoms. The molecule has 0 fully saturated rings. The minimum absolute atomic E-state index is 0.473. The summed E-state index contributed by atoms with van der Waals surface area (Å²) >= 11 is 0. The van der Waals surface area contributed by atoms with Gasteiger partial charge in [0, 0.05) is 5.56 Å². The summed E-state index contributed by atoms with van der Waals surface area (Å²) in [6.07, 6.45) is 5.42. The van der Waals surface area contributed by atoms with Crippen LogP contribution in [0.3, 0.4) is 0 Å². The maximum atomic E-state index is 5.48. The van der Waals surface area contributed by atoms with Gasteiger partial charge in [-0.1, -0.05) is 12.2 Å². The van der Waals surface area contributed by atoms with Gasteiger partial charge >= 0.3 is 0 Å². The van der Waals surface area contributed by atoms with Gasteiger partial charge in [-0.3, -0.25) is 0 Å². The van der Waals surface area contributed by atoms with Gasteiger partial charge in [-0.25, -0.2) is 0 Å². The molecule has 1 aromatic heterocycles. The number of hydrogen-bond acceptors (Lipinski definition) is 3. The molecule has 3 nitrogen and oxygen atoms in total. The first-order valence-electron chi connectivity index (χ1n) is 3.04. The Hall–Kier alpha value is -1.38. The predicted octanol–water partition coefficient (Wildman–Crippen LogP) is 1.09. The van der Waals surface area contributed by atoms with Crippen molar-refractivity contribution in [3.05, 3.63) is 23.9 Å². The largest absolute Gasteiger partial charge is 0.382 e. The highest BCUT2D eigenvalue weighted by Crippen LogP contribution is 2.06. The molecule has 0 aliphatic rings. The van der Waals surface area contributed by atoms with Crippen LogP contribution in [-0.2, 0) is 0 Å². The third-order valence-corrected chi connectivity index (χ3v) is 1.13. The third kappa shape index (κ3) is 1.31. The van der Waals surface area contributed by atoms with Gasteiger partial charge in [-0.05, 0) is 13.0 Å². The molecule has 0 aromatic carbocycles. The number of nitrogens with two attached hydrogens (primary N) is 1. The van der Waals surface area contributed by atoms with E-state index in [-0.39, 0.29) is 0 Å². The van der Waals surface area contributed by atoms with Crippen LogP contribution < -0.4 is 5.73 Å². The van der Waals surface area contributed by atoms with Gasteiger partial charge in [0.1, 0.15) is 0 Å². The average molecular weight is 135 g/mol. The summed E-state index contributed by atoms with van der Waals surface area (Å²) < 4.78 is 0. The zero-order valence-electron chi connectivity index (χ0n) is 5.78. The first-order chi connectivity index (χ1) is 4.84. The van der Waals surface area contributed by atoms with Crippen molar-refractivity contribution < 1.29 is 0 Å². The van der Waals surface area contributed by atoms with Crippen molar-refractivity contribution in [1.29, 1.82) is 0 Å². The molecular formula is C7H9N3. The Morgan fingerprint density at radius 2 is 2.40 bits per heavy atom. The second-order valence-electron chi connectivity index (χ2n) is 1.87. The van der Waals surface area contributed by atoms with Crippen molar-refractivity contribution in [2.75, 3.05) is 5.73 Å². The third-order valence-electron chi connectivity index (χ3n) is 1.13. The smallest absolute Gasteiger partial charge is 0.153 e. The summed E-state index contributed by atoms with van der Waals surface area (Å²) in [6, 6.07) is 1.82. The van der Waals surface area contributed by atoms with E-state index in [1.165, 1.54) is 0 Å². The van der Waals surface area contributed by atoms with Crippen LogP contribution in [0.15, 0.2) is 18.3 Å². The van der Waals surface area contributed by atoms with E-state index in [1.54, 1.807) is 6.20 Å². The van der Waals surface area contributed by atoms with Gasteiger partial charge in [0.25, 0.3) is 0 Å². The summed E-state index contributed by atoms with van der Waals surface area (Å²) in [5, 5.41) is 7.29. The lowest BCUT2D eigenvalue weighted by Crippen LogP contribution is -1.94. The molecule has 1 heterocycles. The minimum atomic E-state index is 0.473. The van der Waals surface area contributed by atoms with Crippen molar-refractivity contribution in [3.8, 4) is 0 Å². The van der Waals surface area contributed by atoms with Gasteiger partial charge < -0.3 is 5.73 Å². The molecule has 0 aliphatic heterocycles. The second-order valence-corrected chi connectivity index (χ2v) is 1.87. The van der Waals surface area contributed by atoms with Crippen LogP contribution in [0.4, 0.5) is 5.82 Å². The molecule has 0 saturated carbocycles. The number of allylic oxidation sites excluding steroid dienone is 1. The number of nitrogens with zero attached hydrogens (tertiary/aromatic N) is 2. The molecule has 0 atom stereocenters. The van der Waals surface area contributed by atoms with Gasteiger partial charge in [0.2, 0.25) is 0 Å². The number of nitrogen functional groups attached to an aromatic ring is 1. The predicted molar refractivity (Wildman–Crippen MR) is 41.2 cm³/mol. The lowest BCUT2D eigenvalue weighted by atomic mass is 10.2. The normalized spacial score (nSPS) is 10.5. The summed E-state index contributed by atoms with van der Waals surface area (Å²) in [5.41, 5.74) is 6.40. The van der Waals surface area contributed by atoms with E-state index in [2.05, 4.69) is 10.2 Å². The molecular weight excluding hydrogens is 126 g/mol. The van der Waals surface area contributed by atoms with Crippen molar-refractivity contribution in [2.45, 2.75) is 6.92 Å². The van der Waals surface area contributed by atoms with Crippen molar-refractivity contribution in [2.24, 2.45) is 0 Å². The van der Waals surface area contributed by atoms with Crippen LogP contribution in [0.2, 0.25) is 0 Å². The molecule has 0 bridgehead atoms. The quantitative estimate of drug-likeness (QED) is 0.627. The summed E-state index contributed by atoms with van der Waals surface area (Å²) in [4.78, 5) is 0. The van der Waals surface area contributed by atoms with E-state index in [0.29, 0.717) is 5.82 Å². The second kappa shape index (κ2) is 2.96. The molecule has 0 radical (unpaired) electrons. The highest BCUT2D eigenvalue weighted by molar-refractivity contribution is 5.59. The fourth-order valence-corrected chi connectivity index (χ4v) is 0.673. The van der Waals surface area contributed by atoms with Crippen LogP contribution in [0.25, 0.3) is 6.08 Å². The summed E-state index contributed by atoms with van der Waals surface area (Å²) in [5.74, 6) is 0.473. The zero-order chi connectivity index (χ0) is 7.40. The van der Waals surface area contributed by atoms with E-state index in [1.807, 2.05) is 25.1 Å². The van der Waals surface area contributed by atoms with Crippen LogP contribution in [0.5, 0.6) is 0 Å². The fourth-order valence-electron chi connectivity index (χ4n) is 0.673. The molecule has 0 amide bonds. The molecule has 0 saturated heterocycles. The molecule has 52 valence electrons. The number of hydrogen-bond donors (Lipinski definition) is 1. The van der Waals surface area contributed by atoms with Crippen LogP contribution in [0, 0.1) is 0 Å². The Kier molecular flexibility index (Phi) is 1.99. The molecule has 1 rings (SSSR count). The molecule has 2 N–H and O–H groups in total. The standard InChI is InChI=1S/C7H9N3/c1-2-3-6-4-5-9-10-7(6)8/h2-5H,1H3,(H2,8,10)/b3-2-. The minimum Gasteiger partial charge on any atom is -0.382 e. The highest BCUT2D eigenvalue weighted by atomic mass is 15.1. The Balaban J connectivity index is 3.03. The Labute approximate surface area is 59.6 Å². The molecule has 1 aromatic rings. The summed E-state index contributed by atoms with van der Waals surface area (Å²) in [7, 11) is 0. The van der Waals surface area contributed by atoms with Crippen LogP contribution in [-0.4, -0.2) is 10.2 Å². The average Bonchev–Trinajstić information content (AvgIpc) is 1.94. The molecule has 0 aliphatic carbocycles. The molecule has 0 unspecified atom stereocenters. The van der Waals surface area contributed by atoms with Crippen LogP contribution in [0.1, 0.15) is 12.5 Å². The monoisotopic (exact) mass is 135 g/mol. The lowest BCUT2D eigenvalue weighted by molar-refractivity contribution is 1.04. The van der Waals surface area contributed by atoms with Gasteiger partial charge in [-0.2, -0.15) is 5.10 Å². The first-order valence-corrected chi connectivity index (χ1v) is 3.04. The fraction of sp³-hybridized carbons (Fsp3) is 0.143. The van der Waals surface area contributed by atoms with Crippen molar-refractivity contribution in [3.63, 3.8) is 0 Å². The van der Waals surface area contributed by atoms with Gasteiger partial charge in [0.05, 0.1) is 6.20 Å². The molecule has 10 heavy (non-hydrogen) atoms. The Bertz CT molecular complexity index is 242. The zero-order valence-corrected chi connectivity index (χ0v) is 5.78. The number of rotatable bonds is 1. The van der Waals surface area contributed by atoms with Gasteiger partial charge in [0.15, 0.2) is 5.82 Å². The number of anilines is 1. The van der Waals surface area contributed by atoms with Crippen LogP contribution >= 0.6 is 0 Å². The Morgan fingerprint density at radius 3 is 3.00 bits per heavy atom. The van der Waals surface area contributed by atoms with E-state index in [0.717, 1.165) is 5.56 Å². The van der Waals surface area contributed by atoms with Crippen molar-refractivity contribution >= 4 is 11.9 Å². The molecule has 3 heteroatoms. The van der Waals surface area contributed by atoms with Gasteiger partial charge in [-0.15, -0.1) is 5.10 Å². The first kappa shape index (κ1) is 6.74. The van der Waals surface area contributed by atoms with E-state index < -0.39 is 0 Å². The Morgan fingerprint density at radius 1 is 1.60 bits per heavy atom. The highest BCUT2D eigenvalue weighted by Gasteiger charge is 1.91. The maximum absolute atomic E-state index is 5.48. The van der Waals surface area contributed by atoms with Crippen molar-refractivity contribution in [1.82, 2.24) is 10.2 Å². The van der Waals surface area contributed by atoms with E-state index in [9.17, 15) is 0 Å².